The van der Waals surface area contributed by atoms with Crippen molar-refractivity contribution in [3.05, 3.63) is 0 Å². The average Bonchev–Trinajstić information content (AvgIpc) is 2.71. The maximum Gasteiger partial charge on any atom is 0.376 e. The van der Waals surface area contributed by atoms with E-state index in [1.54, 1.807) is 0 Å². The second-order valence-electron chi connectivity index (χ2n) is 9.14. The molecular weight excluding hydrogens is 466 g/mol. The van der Waals surface area contributed by atoms with E-state index in [1.165, 1.54) is 0 Å². The van der Waals surface area contributed by atoms with Crippen molar-refractivity contribution in [2.45, 2.75) is 56.8 Å². The van der Waals surface area contributed by atoms with Crippen LogP contribution in [0, 0.1) is 23.2 Å². The molecule has 0 heterocycles. The van der Waals surface area contributed by atoms with Crippen molar-refractivity contribution in [1.29, 1.82) is 0 Å². The molecule has 4 aliphatic carbocycles. The average molecular weight is 488 g/mol. The van der Waals surface area contributed by atoms with Crippen molar-refractivity contribution in [2.24, 2.45) is 23.2 Å². The minimum atomic E-state index is -5.11. The molecule has 0 saturated heterocycles. The first kappa shape index (κ1) is 25.3. The van der Waals surface area contributed by atoms with E-state index < -0.39 is 60.9 Å². The SMILES string of the molecule is CC(F)(F)C(=O)OCC(F)(F)C(F)(F)COC(=O)COC(=O)C12CC3CC(C1)C(=O)C(C3)C2. The number of rotatable bonds is 9. The molecule has 0 aromatic rings. The molecule has 186 valence electrons. The zero-order chi connectivity index (χ0) is 24.8. The van der Waals surface area contributed by atoms with Crippen LogP contribution in [0.5, 0.6) is 0 Å². The van der Waals surface area contributed by atoms with Gasteiger partial charge in [0.25, 0.3) is 0 Å². The van der Waals surface area contributed by atoms with Crippen LogP contribution in [0.1, 0.15) is 39.0 Å². The van der Waals surface area contributed by atoms with Gasteiger partial charge in [-0.1, -0.05) is 0 Å². The molecule has 0 radical (unpaired) electrons. The fraction of sp³-hybridized carbons (Fsp3) is 0.800. The maximum absolute atomic E-state index is 13.7. The van der Waals surface area contributed by atoms with Crippen LogP contribution < -0.4 is 0 Å². The minimum absolute atomic E-state index is 0.0377. The molecule has 0 aliphatic heterocycles. The van der Waals surface area contributed by atoms with Gasteiger partial charge in [0.1, 0.15) is 5.78 Å². The van der Waals surface area contributed by atoms with Crippen LogP contribution in [0.4, 0.5) is 26.3 Å². The molecule has 4 bridgehead atoms. The molecule has 7 nitrogen and oxygen atoms in total. The molecule has 2 atom stereocenters. The van der Waals surface area contributed by atoms with Crippen molar-refractivity contribution < 1.29 is 59.7 Å². The number of Topliss-reactive ketones (excluding diaryl/α,β-unsaturated/α-hetero) is 1. The molecule has 13 heteroatoms. The van der Waals surface area contributed by atoms with Gasteiger partial charge in [-0.25, -0.2) is 9.59 Å². The van der Waals surface area contributed by atoms with Gasteiger partial charge in [0.05, 0.1) is 5.41 Å². The summed E-state index contributed by atoms with van der Waals surface area (Å²) in [5.41, 5.74) is -0.938. The van der Waals surface area contributed by atoms with Crippen LogP contribution in [0.15, 0.2) is 0 Å². The molecule has 0 aromatic heterocycles. The van der Waals surface area contributed by atoms with Crippen molar-refractivity contribution in [3.63, 3.8) is 0 Å². The van der Waals surface area contributed by atoms with E-state index in [9.17, 15) is 45.5 Å². The standard InChI is InChI=1S/C20H22F6O7/c1-17(21,22)15(29)33-9-20(25,26)19(23,24)8-32-13(27)7-31-16(30)18-4-10-2-11(5-18)14(28)12(3-10)6-18/h10-12H,2-9H2,1H3. The molecule has 4 fully saturated rings. The highest BCUT2D eigenvalue weighted by Gasteiger charge is 2.60. The molecule has 4 saturated carbocycles. The van der Waals surface area contributed by atoms with Crippen LogP contribution >= 0.6 is 0 Å². The lowest BCUT2D eigenvalue weighted by Crippen LogP contribution is -2.55. The van der Waals surface area contributed by atoms with Crippen LogP contribution in [-0.2, 0) is 33.4 Å². The van der Waals surface area contributed by atoms with Gasteiger partial charge in [0, 0.05) is 18.8 Å². The molecule has 0 amide bonds. The fourth-order valence-corrected chi connectivity index (χ4v) is 4.98. The smallest absolute Gasteiger partial charge is 0.376 e. The predicted molar refractivity (Wildman–Crippen MR) is 94.4 cm³/mol. The number of carbonyl (C=O) groups is 4. The highest BCUT2D eigenvalue weighted by molar-refractivity contribution is 5.90. The van der Waals surface area contributed by atoms with Gasteiger partial charge in [-0.2, -0.15) is 26.3 Å². The molecule has 4 aliphatic rings. The quantitative estimate of drug-likeness (QED) is 0.280. The molecule has 0 spiro atoms. The van der Waals surface area contributed by atoms with Gasteiger partial charge in [-0.15, -0.1) is 0 Å². The summed E-state index contributed by atoms with van der Waals surface area (Å²) in [5, 5.41) is 0. The third kappa shape index (κ3) is 5.11. The highest BCUT2D eigenvalue weighted by Crippen LogP contribution is 2.59. The first-order valence-corrected chi connectivity index (χ1v) is 10.2. The summed E-state index contributed by atoms with van der Waals surface area (Å²) in [5.74, 6) is -19.3. The van der Waals surface area contributed by atoms with Crippen LogP contribution in [0.25, 0.3) is 0 Å². The zero-order valence-electron chi connectivity index (χ0n) is 17.5. The summed E-state index contributed by atoms with van der Waals surface area (Å²) in [4.78, 5) is 47.2. The number of halogens is 6. The fourth-order valence-electron chi connectivity index (χ4n) is 4.98. The third-order valence-electron chi connectivity index (χ3n) is 6.44. The number of carbonyl (C=O) groups excluding carboxylic acids is 4. The van der Waals surface area contributed by atoms with E-state index in [1.807, 2.05) is 0 Å². The first-order valence-electron chi connectivity index (χ1n) is 10.2. The third-order valence-corrected chi connectivity index (χ3v) is 6.44. The Balaban J connectivity index is 1.47. The summed E-state index contributed by atoms with van der Waals surface area (Å²) in [6, 6.07) is 0. The lowest BCUT2D eigenvalue weighted by Gasteiger charge is -2.53. The summed E-state index contributed by atoms with van der Waals surface area (Å²) < 4.78 is 92.3. The Hall–Kier alpha value is -2.34. The number of hydrogen-bond acceptors (Lipinski definition) is 7. The van der Waals surface area contributed by atoms with Crippen molar-refractivity contribution in [3.8, 4) is 0 Å². The van der Waals surface area contributed by atoms with Gasteiger partial charge in [0.2, 0.25) is 0 Å². The Morgan fingerprint density at radius 2 is 1.39 bits per heavy atom. The lowest BCUT2D eigenvalue weighted by atomic mass is 9.49. The normalized spacial score (nSPS) is 29.1. The monoisotopic (exact) mass is 488 g/mol. The van der Waals surface area contributed by atoms with Crippen LogP contribution in [-0.4, -0.2) is 61.3 Å². The summed E-state index contributed by atoms with van der Waals surface area (Å²) in [6.45, 7) is -5.59. The number of esters is 3. The number of ether oxygens (including phenoxy) is 3. The second kappa shape index (κ2) is 8.46. The summed E-state index contributed by atoms with van der Waals surface area (Å²) in [6.07, 6.45) is 2.45. The van der Waals surface area contributed by atoms with Gasteiger partial charge < -0.3 is 14.2 Å². The van der Waals surface area contributed by atoms with Gasteiger partial charge in [-0.05, 0) is 38.0 Å². The Kier molecular flexibility index (Phi) is 6.48. The van der Waals surface area contributed by atoms with Crippen LogP contribution in [0.3, 0.4) is 0 Å². The minimum Gasteiger partial charge on any atom is -0.456 e. The van der Waals surface area contributed by atoms with Gasteiger partial charge in [0.15, 0.2) is 19.8 Å². The highest BCUT2D eigenvalue weighted by atomic mass is 19.3. The maximum atomic E-state index is 13.7. The Bertz CT molecular complexity index is 819. The van der Waals surface area contributed by atoms with Crippen molar-refractivity contribution in [2.75, 3.05) is 19.8 Å². The van der Waals surface area contributed by atoms with E-state index in [-0.39, 0.29) is 43.3 Å². The lowest BCUT2D eigenvalue weighted by molar-refractivity contribution is -0.251. The Morgan fingerprint density at radius 3 is 1.91 bits per heavy atom. The largest absolute Gasteiger partial charge is 0.456 e. The number of hydrogen-bond donors (Lipinski definition) is 0. The molecule has 0 aromatic carbocycles. The van der Waals surface area contributed by atoms with Crippen molar-refractivity contribution in [1.82, 2.24) is 0 Å². The predicted octanol–water partition coefficient (Wildman–Crippen LogP) is 2.94. The first-order chi connectivity index (χ1) is 15.1. The second-order valence-corrected chi connectivity index (χ2v) is 9.14. The van der Waals surface area contributed by atoms with Crippen LogP contribution in [0.2, 0.25) is 0 Å². The molecule has 4 rings (SSSR count). The molecule has 0 N–H and O–H groups in total. The van der Waals surface area contributed by atoms with Gasteiger partial charge in [-0.3, -0.25) is 9.59 Å². The van der Waals surface area contributed by atoms with Gasteiger partial charge >= 0.3 is 35.7 Å². The Labute approximate surface area is 184 Å². The molecular formula is C20H22F6O7. The van der Waals surface area contributed by atoms with E-state index in [0.717, 1.165) is 0 Å². The topological polar surface area (TPSA) is 96.0 Å². The Morgan fingerprint density at radius 1 is 0.879 bits per heavy atom. The molecule has 2 unspecified atom stereocenters. The number of ketones is 1. The van der Waals surface area contributed by atoms with E-state index in [0.29, 0.717) is 19.3 Å². The van der Waals surface area contributed by atoms with E-state index >= 15 is 0 Å². The molecule has 33 heavy (non-hydrogen) atoms. The summed E-state index contributed by atoms with van der Waals surface area (Å²) >= 11 is 0. The zero-order valence-corrected chi connectivity index (χ0v) is 17.5. The van der Waals surface area contributed by atoms with E-state index in [4.69, 9.17) is 4.74 Å². The van der Waals surface area contributed by atoms with E-state index in [2.05, 4.69) is 9.47 Å². The van der Waals surface area contributed by atoms with Crippen molar-refractivity contribution >= 4 is 23.7 Å². The number of alkyl halides is 6. The summed E-state index contributed by atoms with van der Waals surface area (Å²) in [7, 11) is 0.